The van der Waals surface area contributed by atoms with Crippen molar-refractivity contribution in [1.29, 1.82) is 0 Å². The third-order valence-corrected chi connectivity index (χ3v) is 5.48. The Bertz CT molecular complexity index is 494. The molecule has 1 heterocycles. The number of nitrogens with one attached hydrogen (secondary N) is 1. The molecule has 8 nitrogen and oxygen atoms in total. The van der Waals surface area contributed by atoms with Crippen LogP contribution >= 0.6 is 0 Å². The van der Waals surface area contributed by atoms with E-state index < -0.39 is 42.5 Å². The normalized spacial score (nSPS) is 25.6. The minimum absolute atomic E-state index is 0. The molecule has 1 unspecified atom stereocenters. The van der Waals surface area contributed by atoms with Crippen LogP contribution in [0.15, 0.2) is 0 Å². The molecule has 1 saturated heterocycles. The number of aliphatic carboxylic acids is 1. The molecule has 0 bridgehead atoms. The van der Waals surface area contributed by atoms with Gasteiger partial charge in [0, 0.05) is 13.5 Å². The zero-order chi connectivity index (χ0) is 22.4. The van der Waals surface area contributed by atoms with Crippen LogP contribution in [-0.2, 0) is 19.1 Å². The Balaban J connectivity index is 0.00000900. The molecule has 3 N–H and O–H groups in total. The van der Waals surface area contributed by atoms with Gasteiger partial charge in [0.15, 0.2) is 6.29 Å². The number of amides is 1. The number of carboxylic acids is 1. The minimum atomic E-state index is -1.71. The monoisotopic (exact) mass is 453 g/mol. The van der Waals surface area contributed by atoms with E-state index in [1.807, 2.05) is 0 Å². The van der Waals surface area contributed by atoms with E-state index >= 15 is 0 Å². The van der Waals surface area contributed by atoms with E-state index in [1.54, 1.807) is 0 Å². The van der Waals surface area contributed by atoms with Crippen molar-refractivity contribution < 1.29 is 63.9 Å². The van der Waals surface area contributed by atoms with Crippen LogP contribution in [0.1, 0.15) is 90.9 Å². The Hall–Kier alpha value is -0.220. The fourth-order valence-corrected chi connectivity index (χ4v) is 3.73. The largest absolute Gasteiger partial charge is 1.00 e. The van der Waals surface area contributed by atoms with Gasteiger partial charge in [0.2, 0.25) is 5.91 Å². The van der Waals surface area contributed by atoms with Crippen molar-refractivity contribution in [2.45, 2.75) is 122 Å². The van der Waals surface area contributed by atoms with Crippen LogP contribution < -0.4 is 40.0 Å². The Kier molecular flexibility index (Phi) is 18.1. The third kappa shape index (κ3) is 12.6. The molecule has 1 amide bonds. The van der Waals surface area contributed by atoms with E-state index in [9.17, 15) is 24.9 Å². The first-order chi connectivity index (χ1) is 14.4. The summed E-state index contributed by atoms with van der Waals surface area (Å²) in [4.78, 5) is 22.5. The first-order valence-corrected chi connectivity index (χ1v) is 11.5. The van der Waals surface area contributed by atoms with Crippen molar-refractivity contribution in [3.8, 4) is 0 Å². The van der Waals surface area contributed by atoms with Gasteiger partial charge in [-0.3, -0.25) is 4.79 Å². The van der Waals surface area contributed by atoms with Gasteiger partial charge < -0.3 is 34.9 Å². The summed E-state index contributed by atoms with van der Waals surface area (Å²) in [5.41, 5.74) is 0. The summed E-state index contributed by atoms with van der Waals surface area (Å²) in [5, 5.41) is 33.6. The average molecular weight is 454 g/mol. The molecule has 0 aromatic heterocycles. The van der Waals surface area contributed by atoms with E-state index in [-0.39, 0.29) is 29.6 Å². The molecule has 0 aromatic carbocycles. The Morgan fingerprint density at radius 2 is 1.39 bits per heavy atom. The number of rotatable bonds is 16. The number of aliphatic hydroxyl groups is 2. The van der Waals surface area contributed by atoms with Crippen molar-refractivity contribution >= 4 is 11.9 Å². The summed E-state index contributed by atoms with van der Waals surface area (Å²) in [6, 6.07) is -1.05. The number of carboxylic acid groups (broad SMARTS) is 1. The maximum absolute atomic E-state index is 11.4. The van der Waals surface area contributed by atoms with Gasteiger partial charge in [0.1, 0.15) is 24.4 Å². The number of carbonyl (C=O) groups excluding carboxylic acids is 2. The maximum Gasteiger partial charge on any atom is 1.00 e. The van der Waals surface area contributed by atoms with Crippen LogP contribution in [0.3, 0.4) is 0 Å². The summed E-state index contributed by atoms with van der Waals surface area (Å²) in [7, 11) is 0. The van der Waals surface area contributed by atoms with Crippen LogP contribution in [0, 0.1) is 0 Å². The number of unbranched alkanes of at least 4 members (excludes halogenated alkanes) is 11. The molecule has 1 aliphatic rings. The molecule has 176 valence electrons. The first kappa shape index (κ1) is 30.8. The van der Waals surface area contributed by atoms with E-state index in [0.717, 1.165) is 19.3 Å². The van der Waals surface area contributed by atoms with Crippen molar-refractivity contribution in [3.63, 3.8) is 0 Å². The molecular formula is C22H40NNaO7. The van der Waals surface area contributed by atoms with Gasteiger partial charge >= 0.3 is 29.6 Å². The standard InChI is InChI=1S/C22H41NO7.Na/c1-3-4-5-6-7-8-9-10-11-12-13-14-15-29-22-17(23-16(2)24)18(25)19(26)20(30-22)21(27)28;/h17-20,22,25-26H,3-15H2,1-2H3,(H,23,24)(H,27,28);/q;+1/p-1/t17-,18-,19+,20+,22?;/m1./s1. The molecule has 0 spiro atoms. The molecule has 0 radical (unpaired) electrons. The summed E-state index contributed by atoms with van der Waals surface area (Å²) in [5.74, 6) is -2.08. The maximum atomic E-state index is 11.4. The second-order valence-electron chi connectivity index (χ2n) is 8.21. The minimum Gasteiger partial charge on any atom is -0.547 e. The van der Waals surface area contributed by atoms with Gasteiger partial charge in [0.25, 0.3) is 0 Å². The zero-order valence-electron chi connectivity index (χ0n) is 19.5. The Morgan fingerprint density at radius 1 is 0.903 bits per heavy atom. The van der Waals surface area contributed by atoms with E-state index in [1.165, 1.54) is 64.7 Å². The summed E-state index contributed by atoms with van der Waals surface area (Å²) in [6.07, 6.45) is 8.38. The fraction of sp³-hybridized carbons (Fsp3) is 0.909. The average Bonchev–Trinajstić information content (AvgIpc) is 2.69. The summed E-state index contributed by atoms with van der Waals surface area (Å²) < 4.78 is 10.8. The molecule has 0 aliphatic carbocycles. The van der Waals surface area contributed by atoms with Gasteiger partial charge in [-0.1, -0.05) is 77.6 Å². The van der Waals surface area contributed by atoms with E-state index in [0.29, 0.717) is 6.61 Å². The molecule has 1 aliphatic heterocycles. The Morgan fingerprint density at radius 3 is 1.84 bits per heavy atom. The van der Waals surface area contributed by atoms with E-state index in [2.05, 4.69) is 12.2 Å². The van der Waals surface area contributed by atoms with Gasteiger partial charge in [-0.05, 0) is 6.42 Å². The number of hydrogen-bond donors (Lipinski definition) is 3. The third-order valence-electron chi connectivity index (χ3n) is 5.48. The molecule has 5 atom stereocenters. The van der Waals surface area contributed by atoms with Crippen molar-refractivity contribution in [2.24, 2.45) is 0 Å². The van der Waals surface area contributed by atoms with Gasteiger partial charge in [-0.2, -0.15) is 0 Å². The van der Waals surface area contributed by atoms with Crippen LogP contribution in [0.2, 0.25) is 0 Å². The van der Waals surface area contributed by atoms with Crippen molar-refractivity contribution in [2.75, 3.05) is 6.61 Å². The molecule has 0 saturated carbocycles. The molecule has 9 heteroatoms. The van der Waals surface area contributed by atoms with Crippen LogP contribution in [0.5, 0.6) is 0 Å². The van der Waals surface area contributed by atoms with Crippen molar-refractivity contribution in [1.82, 2.24) is 5.32 Å². The topological polar surface area (TPSA) is 128 Å². The second kappa shape index (κ2) is 18.2. The number of carbonyl (C=O) groups is 2. The first-order valence-electron chi connectivity index (χ1n) is 11.5. The predicted octanol–water partition coefficient (Wildman–Crippen LogP) is -1.59. The number of aliphatic hydroxyl groups excluding tert-OH is 2. The van der Waals surface area contributed by atoms with Crippen molar-refractivity contribution in [3.05, 3.63) is 0 Å². The molecule has 1 fully saturated rings. The van der Waals surface area contributed by atoms with Gasteiger partial charge in [0.05, 0.1) is 5.97 Å². The summed E-state index contributed by atoms with van der Waals surface area (Å²) >= 11 is 0. The van der Waals surface area contributed by atoms with Gasteiger partial charge in [-0.15, -0.1) is 0 Å². The van der Waals surface area contributed by atoms with Gasteiger partial charge in [-0.25, -0.2) is 0 Å². The molecule has 0 aromatic rings. The molecule has 31 heavy (non-hydrogen) atoms. The Labute approximate surface area is 208 Å². The quantitative estimate of drug-likeness (QED) is 0.190. The van der Waals surface area contributed by atoms with Crippen LogP contribution in [0.4, 0.5) is 0 Å². The van der Waals surface area contributed by atoms with E-state index in [4.69, 9.17) is 9.47 Å². The fourth-order valence-electron chi connectivity index (χ4n) is 3.73. The molecular weight excluding hydrogens is 413 g/mol. The van der Waals surface area contributed by atoms with Crippen LogP contribution in [0.25, 0.3) is 0 Å². The molecule has 1 rings (SSSR count). The SMILES string of the molecule is CCCCCCCCCCCCCCOC1O[C@H](C(=O)[O-])[C@@H](O)[C@H](O)[C@H]1NC(C)=O.[Na+]. The smallest absolute Gasteiger partial charge is 0.547 e. The summed E-state index contributed by atoms with van der Waals surface area (Å²) in [6.45, 7) is 3.79. The second-order valence-corrected chi connectivity index (χ2v) is 8.21. The number of ether oxygens (including phenoxy) is 2. The predicted molar refractivity (Wildman–Crippen MR) is 110 cm³/mol. The number of hydrogen-bond acceptors (Lipinski definition) is 7. The zero-order valence-corrected chi connectivity index (χ0v) is 21.5. The van der Waals surface area contributed by atoms with Crippen LogP contribution in [-0.4, -0.2) is 59.3 Å².